The van der Waals surface area contributed by atoms with Gasteiger partial charge in [0.1, 0.15) is 0 Å². The molecule has 0 spiro atoms. The monoisotopic (exact) mass is 242 g/mol. The maximum absolute atomic E-state index is 2.40. The highest BCUT2D eigenvalue weighted by Gasteiger charge is 2.24. The molecular formula is C18H26. The Morgan fingerprint density at radius 3 is 2.50 bits per heavy atom. The molecule has 2 unspecified atom stereocenters. The lowest BCUT2D eigenvalue weighted by atomic mass is 9.84. The van der Waals surface area contributed by atoms with Crippen LogP contribution in [0.1, 0.15) is 63.1 Å². The second kappa shape index (κ2) is 5.30. The zero-order chi connectivity index (χ0) is 13.3. The second-order valence-electron chi connectivity index (χ2n) is 6.54. The fourth-order valence-corrected chi connectivity index (χ4v) is 3.33. The normalized spacial score (nSPS) is 19.9. The first kappa shape index (κ1) is 13.4. The molecule has 1 aliphatic rings. The number of hydrogen-bond acceptors (Lipinski definition) is 0. The minimum absolute atomic E-state index is 0.661. The molecule has 1 aromatic carbocycles. The average Bonchev–Trinajstić information content (AvgIpc) is 2.55. The van der Waals surface area contributed by atoms with E-state index in [1.165, 1.54) is 24.0 Å². The number of aryl methyl sites for hydroxylation is 1. The summed E-state index contributed by atoms with van der Waals surface area (Å²) in [6.07, 6.45) is 5.02. The highest BCUT2D eigenvalue weighted by Crippen LogP contribution is 2.41. The van der Waals surface area contributed by atoms with Gasteiger partial charge in [-0.05, 0) is 49.7 Å². The minimum atomic E-state index is 0.661. The molecule has 0 aliphatic heterocycles. The van der Waals surface area contributed by atoms with Crippen molar-refractivity contribution in [1.29, 1.82) is 0 Å². The smallest absolute Gasteiger partial charge is 0.00573 e. The Labute approximate surface area is 112 Å². The van der Waals surface area contributed by atoms with Gasteiger partial charge in [0.15, 0.2) is 0 Å². The predicted molar refractivity (Wildman–Crippen MR) is 80.8 cm³/mol. The molecule has 0 radical (unpaired) electrons. The van der Waals surface area contributed by atoms with Gasteiger partial charge in [-0.1, -0.05) is 56.2 Å². The van der Waals surface area contributed by atoms with Crippen LogP contribution in [0, 0.1) is 18.8 Å². The van der Waals surface area contributed by atoms with Gasteiger partial charge in [-0.15, -0.1) is 0 Å². The summed E-state index contributed by atoms with van der Waals surface area (Å²) in [4.78, 5) is 0. The molecule has 0 saturated heterocycles. The van der Waals surface area contributed by atoms with Crippen LogP contribution >= 0.6 is 0 Å². The van der Waals surface area contributed by atoms with Gasteiger partial charge in [-0.2, -0.15) is 0 Å². The quantitative estimate of drug-likeness (QED) is 0.647. The molecule has 0 aromatic heterocycles. The zero-order valence-electron chi connectivity index (χ0n) is 12.5. The number of hydrogen-bond donors (Lipinski definition) is 0. The van der Waals surface area contributed by atoms with Gasteiger partial charge in [-0.3, -0.25) is 0 Å². The van der Waals surface area contributed by atoms with Crippen LogP contribution in [0.15, 0.2) is 23.8 Å². The van der Waals surface area contributed by atoms with E-state index in [0.29, 0.717) is 5.92 Å². The molecule has 0 heterocycles. The lowest BCUT2D eigenvalue weighted by Crippen LogP contribution is -2.07. The first-order valence-corrected chi connectivity index (χ1v) is 7.26. The highest BCUT2D eigenvalue weighted by molar-refractivity contribution is 5.66. The summed E-state index contributed by atoms with van der Waals surface area (Å²) in [6.45, 7) is 11.5. The standard InChI is InChI=1S/C18H26/c1-12(2)8-14(4)10-17-15(5)11-16-7-6-13(3)9-18(16)17/h6-7,9,11-12,14,17H,8,10H2,1-5H3. The molecular weight excluding hydrogens is 216 g/mol. The van der Waals surface area contributed by atoms with Crippen LogP contribution in [0.5, 0.6) is 0 Å². The van der Waals surface area contributed by atoms with Gasteiger partial charge in [0.05, 0.1) is 0 Å². The van der Waals surface area contributed by atoms with Crippen molar-refractivity contribution in [3.63, 3.8) is 0 Å². The highest BCUT2D eigenvalue weighted by atomic mass is 14.3. The molecule has 0 fully saturated rings. The van der Waals surface area contributed by atoms with Crippen LogP contribution < -0.4 is 0 Å². The van der Waals surface area contributed by atoms with Crippen molar-refractivity contribution < 1.29 is 0 Å². The van der Waals surface area contributed by atoms with Crippen LogP contribution in [0.3, 0.4) is 0 Å². The molecule has 18 heavy (non-hydrogen) atoms. The van der Waals surface area contributed by atoms with E-state index < -0.39 is 0 Å². The van der Waals surface area contributed by atoms with Crippen molar-refractivity contribution in [3.05, 3.63) is 40.5 Å². The number of allylic oxidation sites excluding steroid dienone is 1. The third-order valence-electron chi connectivity index (χ3n) is 4.06. The topological polar surface area (TPSA) is 0 Å². The Kier molecular flexibility index (Phi) is 3.94. The fraction of sp³-hybridized carbons (Fsp3) is 0.556. The van der Waals surface area contributed by atoms with Gasteiger partial charge in [-0.25, -0.2) is 0 Å². The van der Waals surface area contributed by atoms with Crippen molar-refractivity contribution in [2.24, 2.45) is 11.8 Å². The Balaban J connectivity index is 2.15. The maximum atomic E-state index is 2.40. The lowest BCUT2D eigenvalue weighted by Gasteiger charge is -2.21. The molecule has 1 aromatic rings. The summed E-state index contributed by atoms with van der Waals surface area (Å²) < 4.78 is 0. The largest absolute Gasteiger partial charge is 0.0652 e. The molecule has 0 N–H and O–H groups in total. The summed E-state index contributed by atoms with van der Waals surface area (Å²) in [5, 5.41) is 0. The van der Waals surface area contributed by atoms with Crippen molar-refractivity contribution in [2.75, 3.05) is 0 Å². The van der Waals surface area contributed by atoms with Crippen molar-refractivity contribution >= 4 is 6.08 Å². The van der Waals surface area contributed by atoms with Crippen LogP contribution in [0.4, 0.5) is 0 Å². The number of rotatable bonds is 4. The maximum Gasteiger partial charge on any atom is 0.00573 e. The molecule has 1 aliphatic carbocycles. The molecule has 0 nitrogen and oxygen atoms in total. The molecule has 0 saturated carbocycles. The molecule has 0 amide bonds. The SMILES string of the molecule is CC1=Cc2ccc(C)cc2C1CC(C)CC(C)C. The van der Waals surface area contributed by atoms with E-state index in [9.17, 15) is 0 Å². The van der Waals surface area contributed by atoms with Crippen LogP contribution in [-0.2, 0) is 0 Å². The van der Waals surface area contributed by atoms with E-state index in [1.807, 2.05) is 0 Å². The Morgan fingerprint density at radius 2 is 1.83 bits per heavy atom. The number of benzene rings is 1. The van der Waals surface area contributed by atoms with E-state index >= 15 is 0 Å². The van der Waals surface area contributed by atoms with Crippen LogP contribution in [-0.4, -0.2) is 0 Å². The third kappa shape index (κ3) is 2.85. The fourth-order valence-electron chi connectivity index (χ4n) is 3.33. The van der Waals surface area contributed by atoms with E-state index in [1.54, 1.807) is 11.1 Å². The van der Waals surface area contributed by atoms with Gasteiger partial charge >= 0.3 is 0 Å². The van der Waals surface area contributed by atoms with E-state index in [2.05, 4.69) is 58.9 Å². The summed E-state index contributed by atoms with van der Waals surface area (Å²) in [6, 6.07) is 6.89. The van der Waals surface area contributed by atoms with E-state index in [0.717, 1.165) is 11.8 Å². The lowest BCUT2D eigenvalue weighted by molar-refractivity contribution is 0.399. The van der Waals surface area contributed by atoms with Crippen molar-refractivity contribution in [1.82, 2.24) is 0 Å². The van der Waals surface area contributed by atoms with E-state index in [-0.39, 0.29) is 0 Å². The zero-order valence-corrected chi connectivity index (χ0v) is 12.5. The Morgan fingerprint density at radius 1 is 1.11 bits per heavy atom. The van der Waals surface area contributed by atoms with Crippen molar-refractivity contribution in [3.8, 4) is 0 Å². The van der Waals surface area contributed by atoms with Crippen LogP contribution in [0.25, 0.3) is 6.08 Å². The van der Waals surface area contributed by atoms with Crippen molar-refractivity contribution in [2.45, 2.75) is 53.4 Å². The molecule has 2 atom stereocenters. The summed E-state index contributed by atoms with van der Waals surface area (Å²) in [5.74, 6) is 2.28. The molecule has 2 rings (SSSR count). The summed E-state index contributed by atoms with van der Waals surface area (Å²) >= 11 is 0. The Bertz CT molecular complexity index is 451. The predicted octanol–water partition coefficient (Wildman–Crippen LogP) is 5.57. The molecule has 98 valence electrons. The molecule has 0 bridgehead atoms. The first-order chi connectivity index (χ1) is 8.47. The van der Waals surface area contributed by atoms with Gasteiger partial charge in [0.25, 0.3) is 0 Å². The second-order valence-corrected chi connectivity index (χ2v) is 6.54. The third-order valence-corrected chi connectivity index (χ3v) is 4.06. The van der Waals surface area contributed by atoms with Gasteiger partial charge in [0, 0.05) is 5.92 Å². The van der Waals surface area contributed by atoms with Gasteiger partial charge in [0.2, 0.25) is 0 Å². The summed E-state index contributed by atoms with van der Waals surface area (Å²) in [7, 11) is 0. The van der Waals surface area contributed by atoms with E-state index in [4.69, 9.17) is 0 Å². The summed E-state index contributed by atoms with van der Waals surface area (Å²) in [5.41, 5.74) is 5.94. The first-order valence-electron chi connectivity index (χ1n) is 7.26. The Hall–Kier alpha value is -1.04. The average molecular weight is 242 g/mol. The van der Waals surface area contributed by atoms with Gasteiger partial charge < -0.3 is 0 Å². The van der Waals surface area contributed by atoms with Crippen LogP contribution in [0.2, 0.25) is 0 Å². The number of fused-ring (bicyclic) bond motifs is 1. The minimum Gasteiger partial charge on any atom is -0.0652 e. The molecule has 0 heteroatoms.